The van der Waals surface area contributed by atoms with Gasteiger partial charge >= 0.3 is 0 Å². The molecule has 3 heteroatoms. The standard InChI is InChI=1S/C56H36N2O/c57-56(37-17-2-1-3-18-37)58-51(45-25-11-12-26-46(45)53-35-39-20-6-15-29-52(39)59-53)33-32-44-42-23-9-13-27-47(42)55(48-28-14-10-24-43(44)48)54-41-22-8-5-19-38(41)34-50-40-21-7-4-16-36(40)30-31-49(50)54/h1-35,57H/b33-32+,57-56?,58-51?. The van der Waals surface area contributed by atoms with Gasteiger partial charge in [-0.1, -0.05) is 188 Å². The zero-order valence-corrected chi connectivity index (χ0v) is 32.1. The SMILES string of the molecule is N=C(N=C(/C=C/c1c2ccccc2c(-c2c3ccccc3cc3c2ccc2ccccc23)c2ccccc12)c1ccccc1-c1cc2ccccc2o1)c1ccccc1. The van der Waals surface area contributed by atoms with E-state index < -0.39 is 0 Å². The number of nitrogens with one attached hydrogen (secondary N) is 1. The second-order valence-electron chi connectivity index (χ2n) is 15.0. The molecule has 0 aliphatic carbocycles. The molecule has 0 saturated carbocycles. The number of hydrogen-bond acceptors (Lipinski definition) is 2. The highest BCUT2D eigenvalue weighted by atomic mass is 16.3. The number of rotatable bonds is 6. The molecule has 0 amide bonds. The number of para-hydroxylation sites is 1. The largest absolute Gasteiger partial charge is 0.456 e. The maximum atomic E-state index is 9.18. The third-order valence-electron chi connectivity index (χ3n) is 11.6. The lowest BCUT2D eigenvalue weighted by Crippen LogP contribution is -2.05. The minimum Gasteiger partial charge on any atom is -0.456 e. The van der Waals surface area contributed by atoms with Gasteiger partial charge in [0.05, 0.1) is 5.71 Å². The van der Waals surface area contributed by atoms with E-state index in [9.17, 15) is 5.41 Å². The summed E-state index contributed by atoms with van der Waals surface area (Å²) in [5.41, 5.74) is 7.58. The Balaban J connectivity index is 1.16. The maximum absolute atomic E-state index is 9.18. The van der Waals surface area contributed by atoms with Crippen molar-refractivity contribution in [2.24, 2.45) is 4.99 Å². The minimum absolute atomic E-state index is 0.185. The van der Waals surface area contributed by atoms with E-state index in [4.69, 9.17) is 9.41 Å². The Morgan fingerprint density at radius 2 is 1.00 bits per heavy atom. The summed E-state index contributed by atoms with van der Waals surface area (Å²) in [4.78, 5) is 5.06. The summed E-state index contributed by atoms with van der Waals surface area (Å²) in [6.45, 7) is 0. The summed E-state index contributed by atoms with van der Waals surface area (Å²) in [6, 6.07) is 70.0. The first-order valence-electron chi connectivity index (χ1n) is 20.0. The highest BCUT2D eigenvalue weighted by molar-refractivity contribution is 6.28. The molecule has 1 N–H and O–H groups in total. The van der Waals surface area contributed by atoms with Crippen LogP contribution in [0.15, 0.2) is 216 Å². The zero-order chi connectivity index (χ0) is 39.3. The molecular formula is C56H36N2O. The normalized spacial score (nSPS) is 12.2. The Bertz CT molecular complexity index is 3430. The molecule has 0 aliphatic rings. The van der Waals surface area contributed by atoms with Crippen LogP contribution in [-0.2, 0) is 0 Å². The van der Waals surface area contributed by atoms with Crippen LogP contribution < -0.4 is 0 Å². The van der Waals surface area contributed by atoms with E-state index in [2.05, 4.69) is 152 Å². The molecule has 0 fully saturated rings. The van der Waals surface area contributed by atoms with Crippen LogP contribution >= 0.6 is 0 Å². The molecule has 276 valence electrons. The first-order chi connectivity index (χ1) is 29.2. The van der Waals surface area contributed by atoms with E-state index in [0.29, 0.717) is 5.71 Å². The van der Waals surface area contributed by atoms with Gasteiger partial charge in [0.25, 0.3) is 0 Å². The smallest absolute Gasteiger partial charge is 0.152 e. The Labute approximate surface area is 341 Å². The fourth-order valence-corrected chi connectivity index (χ4v) is 8.87. The highest BCUT2D eigenvalue weighted by Gasteiger charge is 2.20. The molecular weight excluding hydrogens is 717 g/mol. The van der Waals surface area contributed by atoms with Crippen molar-refractivity contribution < 1.29 is 4.42 Å². The van der Waals surface area contributed by atoms with Crippen LogP contribution in [0.1, 0.15) is 16.7 Å². The molecule has 0 unspecified atom stereocenters. The quantitative estimate of drug-likeness (QED) is 0.0782. The first-order valence-corrected chi connectivity index (χ1v) is 20.0. The summed E-state index contributed by atoms with van der Waals surface area (Å²) < 4.78 is 6.42. The number of nitrogens with zero attached hydrogens (tertiary/aromatic N) is 1. The predicted octanol–water partition coefficient (Wildman–Crippen LogP) is 15.1. The lowest BCUT2D eigenvalue weighted by atomic mass is 9.83. The van der Waals surface area contributed by atoms with Crippen molar-refractivity contribution in [1.82, 2.24) is 0 Å². The van der Waals surface area contributed by atoms with Gasteiger partial charge < -0.3 is 4.42 Å². The van der Waals surface area contributed by atoms with Crippen molar-refractivity contribution in [1.29, 1.82) is 5.41 Å². The molecule has 11 rings (SSSR count). The lowest BCUT2D eigenvalue weighted by Gasteiger charge is -2.20. The average molecular weight is 753 g/mol. The van der Waals surface area contributed by atoms with Gasteiger partial charge in [-0.15, -0.1) is 0 Å². The van der Waals surface area contributed by atoms with E-state index in [1.54, 1.807) is 0 Å². The van der Waals surface area contributed by atoms with E-state index in [-0.39, 0.29) is 5.84 Å². The van der Waals surface area contributed by atoms with Gasteiger partial charge in [0.1, 0.15) is 11.3 Å². The number of allylic oxidation sites excluding steroid dienone is 1. The van der Waals surface area contributed by atoms with E-state index in [0.717, 1.165) is 49.8 Å². The molecule has 0 spiro atoms. The molecule has 11 aromatic rings. The third kappa shape index (κ3) is 5.91. The van der Waals surface area contributed by atoms with Gasteiger partial charge in [0, 0.05) is 22.1 Å². The second kappa shape index (κ2) is 14.3. The number of benzene rings is 10. The number of amidine groups is 1. The summed E-state index contributed by atoms with van der Waals surface area (Å²) in [6.07, 6.45) is 4.27. The molecule has 0 bridgehead atoms. The highest BCUT2D eigenvalue weighted by Crippen LogP contribution is 2.46. The molecule has 1 heterocycles. The molecule has 3 nitrogen and oxygen atoms in total. The first kappa shape index (κ1) is 34.4. The number of fused-ring (bicyclic) bond motifs is 7. The van der Waals surface area contributed by atoms with Crippen LogP contribution in [-0.4, -0.2) is 11.5 Å². The van der Waals surface area contributed by atoms with Crippen molar-refractivity contribution in [3.8, 4) is 22.5 Å². The van der Waals surface area contributed by atoms with Gasteiger partial charge in [-0.25, -0.2) is 4.99 Å². The molecule has 0 saturated heterocycles. The van der Waals surface area contributed by atoms with Crippen molar-refractivity contribution in [2.75, 3.05) is 0 Å². The van der Waals surface area contributed by atoms with Gasteiger partial charge in [-0.2, -0.15) is 0 Å². The van der Waals surface area contributed by atoms with Crippen LogP contribution in [0.25, 0.3) is 93.4 Å². The fraction of sp³-hybridized carbons (Fsp3) is 0. The number of hydrogen-bond donors (Lipinski definition) is 1. The third-order valence-corrected chi connectivity index (χ3v) is 11.6. The van der Waals surface area contributed by atoms with Crippen molar-refractivity contribution >= 4 is 82.5 Å². The number of aliphatic imine (C=N–C) groups is 1. The van der Waals surface area contributed by atoms with Gasteiger partial charge in [0.15, 0.2) is 5.84 Å². The topological polar surface area (TPSA) is 49.4 Å². The van der Waals surface area contributed by atoms with Crippen LogP contribution in [0.5, 0.6) is 0 Å². The van der Waals surface area contributed by atoms with Gasteiger partial charge in [0.2, 0.25) is 0 Å². The summed E-state index contributed by atoms with van der Waals surface area (Å²) in [5, 5.41) is 22.3. The summed E-state index contributed by atoms with van der Waals surface area (Å²) in [7, 11) is 0. The van der Waals surface area contributed by atoms with Crippen LogP contribution in [0.2, 0.25) is 0 Å². The average Bonchev–Trinajstić information content (AvgIpc) is 3.74. The Morgan fingerprint density at radius 3 is 1.75 bits per heavy atom. The minimum atomic E-state index is 0.185. The molecule has 0 atom stereocenters. The lowest BCUT2D eigenvalue weighted by molar-refractivity contribution is 0.631. The zero-order valence-electron chi connectivity index (χ0n) is 32.1. The summed E-state index contributed by atoms with van der Waals surface area (Å²) in [5.74, 6) is 0.939. The van der Waals surface area contributed by atoms with E-state index in [1.807, 2.05) is 60.7 Å². The van der Waals surface area contributed by atoms with Crippen molar-refractivity contribution in [3.63, 3.8) is 0 Å². The molecule has 59 heavy (non-hydrogen) atoms. The van der Waals surface area contributed by atoms with Gasteiger partial charge in [-0.05, 0) is 94.8 Å². The second-order valence-corrected chi connectivity index (χ2v) is 15.0. The van der Waals surface area contributed by atoms with Crippen LogP contribution in [0, 0.1) is 5.41 Å². The monoisotopic (exact) mass is 752 g/mol. The predicted molar refractivity (Wildman–Crippen MR) is 250 cm³/mol. The van der Waals surface area contributed by atoms with Crippen molar-refractivity contribution in [2.45, 2.75) is 0 Å². The molecule has 1 aromatic heterocycles. The molecule has 10 aromatic carbocycles. The molecule has 0 radical (unpaired) electrons. The van der Waals surface area contributed by atoms with Crippen LogP contribution in [0.4, 0.5) is 0 Å². The Morgan fingerprint density at radius 1 is 0.441 bits per heavy atom. The van der Waals surface area contributed by atoms with E-state index >= 15 is 0 Å². The molecule has 0 aliphatic heterocycles. The fourth-order valence-electron chi connectivity index (χ4n) is 8.87. The summed E-state index contributed by atoms with van der Waals surface area (Å²) >= 11 is 0. The maximum Gasteiger partial charge on any atom is 0.152 e. The van der Waals surface area contributed by atoms with E-state index in [1.165, 1.54) is 54.2 Å². The van der Waals surface area contributed by atoms with Crippen molar-refractivity contribution in [3.05, 3.63) is 223 Å². The Kier molecular flexibility index (Phi) is 8.30. The van der Waals surface area contributed by atoms with Gasteiger partial charge in [-0.3, -0.25) is 5.41 Å². The van der Waals surface area contributed by atoms with Crippen LogP contribution in [0.3, 0.4) is 0 Å². The Hall–Kier alpha value is -7.88. The number of furan rings is 1.